The van der Waals surface area contributed by atoms with E-state index in [1.807, 2.05) is 0 Å². The Kier molecular flexibility index (Phi) is 3.18. The molecule has 1 aromatic carbocycles. The van der Waals surface area contributed by atoms with Gasteiger partial charge in [0, 0.05) is 18.1 Å². The van der Waals surface area contributed by atoms with Gasteiger partial charge in [0.05, 0.1) is 17.1 Å². The minimum Gasteiger partial charge on any atom is -0.294 e. The summed E-state index contributed by atoms with van der Waals surface area (Å²) in [5.41, 5.74) is -0.862. The van der Waals surface area contributed by atoms with Crippen LogP contribution >= 0.6 is 0 Å². The van der Waals surface area contributed by atoms with Gasteiger partial charge in [0.1, 0.15) is 17.5 Å². The van der Waals surface area contributed by atoms with Crippen molar-refractivity contribution < 1.29 is 26.4 Å². The van der Waals surface area contributed by atoms with Gasteiger partial charge in [-0.15, -0.1) is 0 Å². The maximum absolute atomic E-state index is 13.4. The van der Waals surface area contributed by atoms with E-state index >= 15 is 0 Å². The van der Waals surface area contributed by atoms with Gasteiger partial charge in [0.2, 0.25) is 0 Å². The Hall–Kier alpha value is -1.37. The number of carbonyl (C=O) groups is 1. The SMILES string of the molecule is O=C(c1c(F)cc(F)cc1F)C1CCS(=O)(=O)C1. The standard InChI is InChI=1S/C11H9F3O3S/c12-7-3-8(13)10(9(14)4-7)11(15)6-1-2-18(16,17)5-6/h3-4,6H,1-2,5H2. The molecule has 3 nitrogen and oxygen atoms in total. The summed E-state index contributed by atoms with van der Waals surface area (Å²) in [4.78, 5) is 11.8. The van der Waals surface area contributed by atoms with E-state index < -0.39 is 50.3 Å². The first-order valence-corrected chi connectivity index (χ1v) is 7.01. The molecule has 0 saturated carbocycles. The van der Waals surface area contributed by atoms with Gasteiger partial charge in [-0.3, -0.25) is 4.79 Å². The Morgan fingerprint density at radius 1 is 1.17 bits per heavy atom. The Morgan fingerprint density at radius 3 is 2.17 bits per heavy atom. The highest BCUT2D eigenvalue weighted by Crippen LogP contribution is 2.25. The van der Waals surface area contributed by atoms with Crippen molar-refractivity contribution in [2.24, 2.45) is 5.92 Å². The maximum atomic E-state index is 13.4. The summed E-state index contributed by atoms with van der Waals surface area (Å²) in [5.74, 6) is -6.20. The first kappa shape index (κ1) is 13.1. The normalized spacial score (nSPS) is 22.1. The number of rotatable bonds is 2. The number of Topliss-reactive ketones (excluding diaryl/α,β-unsaturated/α-hetero) is 1. The molecule has 1 aliphatic rings. The third kappa shape index (κ3) is 2.40. The van der Waals surface area contributed by atoms with Gasteiger partial charge in [0.15, 0.2) is 15.6 Å². The summed E-state index contributed by atoms with van der Waals surface area (Å²) >= 11 is 0. The number of sulfone groups is 1. The van der Waals surface area contributed by atoms with Gasteiger partial charge in [-0.1, -0.05) is 0 Å². The molecule has 1 atom stereocenters. The molecule has 98 valence electrons. The summed E-state index contributed by atoms with van der Waals surface area (Å²) in [5, 5.41) is 0. The number of benzene rings is 1. The van der Waals surface area contributed by atoms with Crippen LogP contribution in [-0.2, 0) is 9.84 Å². The number of hydrogen-bond donors (Lipinski definition) is 0. The predicted molar refractivity (Wildman–Crippen MR) is 57.4 cm³/mol. The fraction of sp³-hybridized carbons (Fsp3) is 0.364. The Balaban J connectivity index is 2.36. The van der Waals surface area contributed by atoms with Crippen molar-refractivity contribution in [1.29, 1.82) is 0 Å². The van der Waals surface area contributed by atoms with Crippen molar-refractivity contribution in [1.82, 2.24) is 0 Å². The summed E-state index contributed by atoms with van der Waals surface area (Å²) < 4.78 is 61.8. The van der Waals surface area contributed by atoms with Gasteiger partial charge in [-0.25, -0.2) is 21.6 Å². The van der Waals surface area contributed by atoms with E-state index in [1.54, 1.807) is 0 Å². The number of hydrogen-bond acceptors (Lipinski definition) is 3. The molecule has 0 bridgehead atoms. The van der Waals surface area contributed by atoms with Crippen LogP contribution in [-0.4, -0.2) is 25.7 Å². The van der Waals surface area contributed by atoms with E-state index in [9.17, 15) is 26.4 Å². The zero-order valence-corrected chi connectivity index (χ0v) is 9.94. The van der Waals surface area contributed by atoms with E-state index in [0.29, 0.717) is 12.1 Å². The monoisotopic (exact) mass is 278 g/mol. The second-order valence-corrected chi connectivity index (χ2v) is 6.44. The molecule has 18 heavy (non-hydrogen) atoms. The van der Waals surface area contributed by atoms with Crippen LogP contribution in [0.2, 0.25) is 0 Å². The molecular weight excluding hydrogens is 269 g/mol. The number of carbonyl (C=O) groups excluding carboxylic acids is 1. The molecule has 1 heterocycles. The van der Waals surface area contributed by atoms with Gasteiger partial charge in [-0.2, -0.15) is 0 Å². The van der Waals surface area contributed by atoms with Crippen LogP contribution in [0.4, 0.5) is 13.2 Å². The van der Waals surface area contributed by atoms with Crippen molar-refractivity contribution >= 4 is 15.6 Å². The van der Waals surface area contributed by atoms with Crippen LogP contribution in [0.25, 0.3) is 0 Å². The fourth-order valence-electron chi connectivity index (χ4n) is 1.98. The van der Waals surface area contributed by atoms with E-state index in [4.69, 9.17) is 0 Å². The first-order chi connectivity index (χ1) is 8.30. The minimum absolute atomic E-state index is 0.0391. The molecule has 1 unspecified atom stereocenters. The minimum atomic E-state index is -3.32. The highest BCUT2D eigenvalue weighted by atomic mass is 32.2. The third-order valence-electron chi connectivity index (χ3n) is 2.86. The van der Waals surface area contributed by atoms with E-state index in [2.05, 4.69) is 0 Å². The largest absolute Gasteiger partial charge is 0.294 e. The first-order valence-electron chi connectivity index (χ1n) is 5.19. The van der Waals surface area contributed by atoms with Crippen molar-refractivity contribution in [3.05, 3.63) is 35.1 Å². The quantitative estimate of drug-likeness (QED) is 0.774. The lowest BCUT2D eigenvalue weighted by atomic mass is 9.96. The van der Waals surface area contributed by atoms with E-state index in [0.717, 1.165) is 0 Å². The lowest BCUT2D eigenvalue weighted by molar-refractivity contribution is 0.0924. The topological polar surface area (TPSA) is 51.2 Å². The Labute approximate surface area is 102 Å². The molecule has 0 aromatic heterocycles. The molecule has 0 amide bonds. The molecule has 0 radical (unpaired) electrons. The zero-order chi connectivity index (χ0) is 13.5. The molecule has 1 aliphatic heterocycles. The average molecular weight is 278 g/mol. The van der Waals surface area contributed by atoms with Crippen LogP contribution in [0.3, 0.4) is 0 Å². The summed E-state index contributed by atoms with van der Waals surface area (Å²) in [6.07, 6.45) is 0.0391. The molecule has 0 aliphatic carbocycles. The van der Waals surface area contributed by atoms with E-state index in [1.165, 1.54) is 0 Å². The molecule has 1 aromatic rings. The van der Waals surface area contributed by atoms with Crippen LogP contribution in [0.15, 0.2) is 12.1 Å². The molecular formula is C11H9F3O3S. The predicted octanol–water partition coefficient (Wildman–Crippen LogP) is 1.72. The van der Waals surface area contributed by atoms with Gasteiger partial charge >= 0.3 is 0 Å². The van der Waals surface area contributed by atoms with Crippen molar-refractivity contribution in [2.75, 3.05) is 11.5 Å². The summed E-state index contributed by atoms with van der Waals surface area (Å²) in [6.45, 7) is 0. The molecule has 1 fully saturated rings. The second-order valence-electron chi connectivity index (χ2n) is 4.21. The average Bonchev–Trinajstić information content (AvgIpc) is 2.57. The summed E-state index contributed by atoms with van der Waals surface area (Å²) in [7, 11) is -3.32. The van der Waals surface area contributed by atoms with Crippen molar-refractivity contribution in [2.45, 2.75) is 6.42 Å². The van der Waals surface area contributed by atoms with Crippen LogP contribution in [0.1, 0.15) is 16.8 Å². The lowest BCUT2D eigenvalue weighted by Crippen LogP contribution is -2.19. The Morgan fingerprint density at radius 2 is 1.72 bits per heavy atom. The van der Waals surface area contributed by atoms with Gasteiger partial charge in [0.25, 0.3) is 0 Å². The van der Waals surface area contributed by atoms with Crippen molar-refractivity contribution in [3.63, 3.8) is 0 Å². The number of halogens is 3. The highest BCUT2D eigenvalue weighted by Gasteiger charge is 2.35. The molecule has 0 spiro atoms. The molecule has 2 rings (SSSR count). The van der Waals surface area contributed by atoms with Crippen LogP contribution in [0, 0.1) is 23.4 Å². The van der Waals surface area contributed by atoms with Gasteiger partial charge in [-0.05, 0) is 6.42 Å². The van der Waals surface area contributed by atoms with Crippen LogP contribution < -0.4 is 0 Å². The van der Waals surface area contributed by atoms with Crippen LogP contribution in [0.5, 0.6) is 0 Å². The maximum Gasteiger partial charge on any atom is 0.172 e. The zero-order valence-electron chi connectivity index (χ0n) is 9.12. The highest BCUT2D eigenvalue weighted by molar-refractivity contribution is 7.91. The van der Waals surface area contributed by atoms with Crippen molar-refractivity contribution in [3.8, 4) is 0 Å². The molecule has 1 saturated heterocycles. The Bertz CT molecular complexity index is 587. The molecule has 7 heteroatoms. The lowest BCUT2D eigenvalue weighted by Gasteiger charge is -2.08. The fourth-order valence-corrected chi connectivity index (χ4v) is 3.72. The van der Waals surface area contributed by atoms with Gasteiger partial charge < -0.3 is 0 Å². The third-order valence-corrected chi connectivity index (χ3v) is 4.62. The molecule has 0 N–H and O–H groups in total. The second kappa shape index (κ2) is 4.38. The number of ketones is 1. The summed E-state index contributed by atoms with van der Waals surface area (Å²) in [6, 6.07) is 0.805. The van der Waals surface area contributed by atoms with E-state index in [-0.39, 0.29) is 12.2 Å². The smallest absolute Gasteiger partial charge is 0.172 e.